The summed E-state index contributed by atoms with van der Waals surface area (Å²) in [7, 11) is 1.69. The number of rotatable bonds is 14. The third-order valence-corrected chi connectivity index (χ3v) is 6.44. The molecule has 1 aromatic heterocycles. The number of benzene rings is 2. The predicted octanol–water partition coefficient (Wildman–Crippen LogP) is 6.74. The van der Waals surface area contributed by atoms with Gasteiger partial charge in [0.1, 0.15) is 16.5 Å². The molecule has 0 atom stereocenters. The van der Waals surface area contributed by atoms with Crippen molar-refractivity contribution in [1.29, 1.82) is 0 Å². The lowest BCUT2D eigenvalue weighted by Gasteiger charge is -2.21. The van der Waals surface area contributed by atoms with Crippen molar-refractivity contribution in [3.63, 3.8) is 0 Å². The van der Waals surface area contributed by atoms with Crippen molar-refractivity contribution in [1.82, 2.24) is 9.88 Å². The smallest absolute Gasteiger partial charge is 0.120 e. The molecular formula is C27H39ClN2O3S. The molecule has 0 aliphatic rings. The first-order chi connectivity index (χ1) is 15.7. The molecule has 0 unspecified atom stereocenters. The van der Waals surface area contributed by atoms with Crippen LogP contribution in [0.15, 0.2) is 42.5 Å². The van der Waals surface area contributed by atoms with Crippen molar-refractivity contribution >= 4 is 46.1 Å². The molecule has 188 valence electrons. The zero-order valence-corrected chi connectivity index (χ0v) is 22.2. The van der Waals surface area contributed by atoms with E-state index in [4.69, 9.17) is 9.47 Å². The third kappa shape index (κ3) is 9.63. The summed E-state index contributed by atoms with van der Waals surface area (Å²) >= 11 is 1.67. The summed E-state index contributed by atoms with van der Waals surface area (Å²) in [5.74, 6) is 1.80. The van der Waals surface area contributed by atoms with Crippen LogP contribution in [0.3, 0.4) is 0 Å². The molecule has 0 fully saturated rings. The number of methoxy groups -OCH3 is 1. The molecule has 5 nitrogen and oxygen atoms in total. The maximum Gasteiger partial charge on any atom is 0.120 e. The number of fused-ring (bicyclic) bond motifs is 1. The van der Waals surface area contributed by atoms with Crippen LogP contribution in [0.25, 0.3) is 22.4 Å². The van der Waals surface area contributed by atoms with Gasteiger partial charge in [-0.05, 0) is 74.3 Å². The van der Waals surface area contributed by atoms with E-state index >= 15 is 0 Å². The Morgan fingerprint density at radius 1 is 0.882 bits per heavy atom. The van der Waals surface area contributed by atoms with Gasteiger partial charge in [0, 0.05) is 6.54 Å². The van der Waals surface area contributed by atoms with Crippen LogP contribution < -0.4 is 9.47 Å². The number of hydrogen-bond donors (Lipinski definition) is 0. The van der Waals surface area contributed by atoms with Gasteiger partial charge in [0.2, 0.25) is 0 Å². The van der Waals surface area contributed by atoms with Crippen molar-refractivity contribution in [2.75, 3.05) is 33.4 Å². The highest BCUT2D eigenvalue weighted by Crippen LogP contribution is 2.27. The average molecular weight is 507 g/mol. The van der Waals surface area contributed by atoms with Crippen LogP contribution in [0.2, 0.25) is 0 Å². The molecule has 0 amide bonds. The highest BCUT2D eigenvalue weighted by Gasteiger charge is 2.05. The number of hydrogen-bond acceptors (Lipinski definition) is 5. The van der Waals surface area contributed by atoms with E-state index in [2.05, 4.69) is 60.1 Å². The minimum Gasteiger partial charge on any atom is -0.497 e. The predicted molar refractivity (Wildman–Crippen MR) is 149 cm³/mol. The molecule has 34 heavy (non-hydrogen) atoms. The topological polar surface area (TPSA) is 66.1 Å². The first-order valence-electron chi connectivity index (χ1n) is 11.8. The highest BCUT2D eigenvalue weighted by atomic mass is 35.5. The molecule has 2 N–H and O–H groups in total. The molecule has 0 radical (unpaired) electrons. The van der Waals surface area contributed by atoms with Gasteiger partial charge >= 0.3 is 0 Å². The Kier molecular flexibility index (Phi) is 14.5. The summed E-state index contributed by atoms with van der Waals surface area (Å²) in [5, 5.41) is 0.990. The second-order valence-corrected chi connectivity index (χ2v) is 9.10. The minimum absolute atomic E-state index is 0. The zero-order chi connectivity index (χ0) is 22.6. The van der Waals surface area contributed by atoms with E-state index in [1.807, 2.05) is 18.2 Å². The van der Waals surface area contributed by atoms with Gasteiger partial charge in [-0.2, -0.15) is 0 Å². The molecule has 0 saturated heterocycles. The number of nitrogens with zero attached hydrogens (tertiary/aromatic N) is 2. The molecule has 1 heterocycles. The van der Waals surface area contributed by atoms with Crippen molar-refractivity contribution in [3.8, 4) is 11.5 Å². The van der Waals surface area contributed by atoms with Gasteiger partial charge in [-0.3, -0.25) is 0 Å². The van der Waals surface area contributed by atoms with Gasteiger partial charge in [-0.15, -0.1) is 23.7 Å². The molecular weight excluding hydrogens is 468 g/mol. The Morgan fingerprint density at radius 3 is 2.18 bits per heavy atom. The van der Waals surface area contributed by atoms with E-state index in [1.54, 1.807) is 18.4 Å². The van der Waals surface area contributed by atoms with E-state index in [0.717, 1.165) is 51.9 Å². The Labute approximate surface area is 214 Å². The Balaban J connectivity index is 0.00000289. The van der Waals surface area contributed by atoms with E-state index in [-0.39, 0.29) is 17.9 Å². The number of halogens is 1. The molecule has 7 heteroatoms. The monoisotopic (exact) mass is 506 g/mol. The van der Waals surface area contributed by atoms with Gasteiger partial charge < -0.3 is 19.8 Å². The van der Waals surface area contributed by atoms with Crippen molar-refractivity contribution in [3.05, 3.63) is 53.0 Å². The van der Waals surface area contributed by atoms with Crippen LogP contribution in [0.4, 0.5) is 0 Å². The second kappa shape index (κ2) is 16.5. The van der Waals surface area contributed by atoms with Crippen LogP contribution >= 0.6 is 23.7 Å². The summed E-state index contributed by atoms with van der Waals surface area (Å²) in [6, 6.07) is 14.3. The largest absolute Gasteiger partial charge is 0.497 e. The lowest BCUT2D eigenvalue weighted by atomic mass is 10.2. The average Bonchev–Trinajstić information content (AvgIpc) is 3.24. The Hall–Kier alpha value is -2.12. The molecule has 0 aliphatic heterocycles. The van der Waals surface area contributed by atoms with Crippen molar-refractivity contribution < 1.29 is 14.9 Å². The van der Waals surface area contributed by atoms with Crippen LogP contribution in [0, 0.1) is 0 Å². The summed E-state index contributed by atoms with van der Waals surface area (Å²) in [4.78, 5) is 7.26. The van der Waals surface area contributed by atoms with Crippen molar-refractivity contribution in [2.45, 2.75) is 46.0 Å². The fraction of sp³-hybridized carbons (Fsp3) is 0.444. The zero-order valence-electron chi connectivity index (χ0n) is 20.6. The maximum atomic E-state index is 5.97. The van der Waals surface area contributed by atoms with Gasteiger partial charge in [0.15, 0.2) is 0 Å². The maximum absolute atomic E-state index is 5.97. The number of unbranched alkanes of at least 4 members (excludes halogenated alkanes) is 2. The van der Waals surface area contributed by atoms with Gasteiger partial charge in [0.05, 0.1) is 23.9 Å². The normalized spacial score (nSPS) is 10.9. The van der Waals surface area contributed by atoms with Gasteiger partial charge in [0.25, 0.3) is 0 Å². The van der Waals surface area contributed by atoms with Crippen LogP contribution in [0.1, 0.15) is 56.5 Å². The van der Waals surface area contributed by atoms with Crippen LogP contribution in [0.5, 0.6) is 11.5 Å². The standard InChI is InChI=1S/C27H36N2O2S.ClH.H2O/c1-4-6-17-29(18-7-5-2)19-8-20-31-23-12-9-22(10-13-23)11-16-27-28-25-15-14-24(30-3)21-26(25)32-27;;/h9-16,21H,4-8,17-20H2,1-3H3;1H;1H2/b16-11+;;. The summed E-state index contributed by atoms with van der Waals surface area (Å²) in [6.07, 6.45) is 10.3. The molecule has 0 bridgehead atoms. The fourth-order valence-electron chi connectivity index (χ4n) is 3.54. The van der Waals surface area contributed by atoms with E-state index < -0.39 is 0 Å². The number of thiazole rings is 1. The van der Waals surface area contributed by atoms with Crippen LogP contribution in [-0.2, 0) is 0 Å². The molecule has 0 aliphatic carbocycles. The first kappa shape index (κ1) is 29.9. The van der Waals surface area contributed by atoms with E-state index in [1.165, 1.54) is 38.8 Å². The molecule has 3 rings (SSSR count). The lowest BCUT2D eigenvalue weighted by molar-refractivity contribution is 0.229. The summed E-state index contributed by atoms with van der Waals surface area (Å²) in [6.45, 7) is 8.82. The van der Waals surface area contributed by atoms with Gasteiger partial charge in [-0.1, -0.05) is 44.9 Å². The molecule has 3 aromatic rings. The SMILES string of the molecule is CCCCN(CCCC)CCCOc1ccc(/C=C/c2nc3ccc(OC)cc3s2)cc1.Cl.O. The van der Waals surface area contributed by atoms with Crippen LogP contribution in [-0.4, -0.2) is 48.7 Å². The molecule has 0 saturated carbocycles. The van der Waals surface area contributed by atoms with Gasteiger partial charge in [-0.25, -0.2) is 4.98 Å². The van der Waals surface area contributed by atoms with E-state index in [0.29, 0.717) is 0 Å². The summed E-state index contributed by atoms with van der Waals surface area (Å²) in [5.41, 5.74) is 2.14. The minimum atomic E-state index is 0. The van der Waals surface area contributed by atoms with Crippen molar-refractivity contribution in [2.24, 2.45) is 0 Å². The third-order valence-electron chi connectivity index (χ3n) is 5.45. The van der Waals surface area contributed by atoms with E-state index in [9.17, 15) is 0 Å². The number of ether oxygens (including phenoxy) is 2. The highest BCUT2D eigenvalue weighted by molar-refractivity contribution is 7.19. The molecule has 2 aromatic carbocycles. The number of aromatic nitrogens is 1. The summed E-state index contributed by atoms with van der Waals surface area (Å²) < 4.78 is 12.4. The Bertz CT molecular complexity index is 968. The Morgan fingerprint density at radius 2 is 1.53 bits per heavy atom. The molecule has 0 spiro atoms. The lowest BCUT2D eigenvalue weighted by Crippen LogP contribution is -2.28. The fourth-order valence-corrected chi connectivity index (χ4v) is 4.44. The first-order valence-corrected chi connectivity index (χ1v) is 12.6. The quantitative estimate of drug-likeness (QED) is 0.227. The second-order valence-electron chi connectivity index (χ2n) is 8.04.